The number of rotatable bonds is 3. The number of nitrogens with one attached hydrogen (secondary N) is 1. The summed E-state index contributed by atoms with van der Waals surface area (Å²) in [5.41, 5.74) is 2.73. The maximum absolute atomic E-state index is 3.47. The lowest BCUT2D eigenvalue weighted by atomic mass is 10.1. The molecule has 0 aromatic heterocycles. The molecule has 1 aromatic rings. The Hall–Kier alpha value is -0.630. The van der Waals surface area contributed by atoms with Crippen LogP contribution in [0, 0.1) is 0 Å². The number of hydrogen-bond acceptors (Lipinski definition) is 2. The summed E-state index contributed by atoms with van der Waals surface area (Å²) in [7, 11) is 0. The number of hydrogen-bond donors (Lipinski definition) is 1. The van der Waals surface area contributed by atoms with Gasteiger partial charge in [-0.25, -0.2) is 0 Å². The van der Waals surface area contributed by atoms with Gasteiger partial charge in [-0.05, 0) is 44.7 Å². The molecule has 0 saturated carbocycles. The van der Waals surface area contributed by atoms with Gasteiger partial charge in [0.15, 0.2) is 0 Å². The van der Waals surface area contributed by atoms with Gasteiger partial charge >= 0.3 is 0 Å². The molecular formula is C12H19NS. The molecule has 0 atom stereocenters. The minimum absolute atomic E-state index is 0.137. The summed E-state index contributed by atoms with van der Waals surface area (Å²) in [6.45, 7) is 6.52. The SMILES string of the molecule is CSCc1cccc(NC(C)(C)C)c1. The van der Waals surface area contributed by atoms with E-state index in [1.807, 2.05) is 11.8 Å². The topological polar surface area (TPSA) is 12.0 Å². The third kappa shape index (κ3) is 4.05. The van der Waals surface area contributed by atoms with Crippen molar-refractivity contribution in [2.24, 2.45) is 0 Å². The summed E-state index contributed by atoms with van der Waals surface area (Å²) >= 11 is 1.85. The quantitative estimate of drug-likeness (QED) is 0.813. The van der Waals surface area contributed by atoms with Crippen molar-refractivity contribution in [1.82, 2.24) is 0 Å². The van der Waals surface area contributed by atoms with Crippen molar-refractivity contribution < 1.29 is 0 Å². The first kappa shape index (κ1) is 11.4. The van der Waals surface area contributed by atoms with Crippen molar-refractivity contribution in [1.29, 1.82) is 0 Å². The number of anilines is 1. The van der Waals surface area contributed by atoms with E-state index in [1.54, 1.807) is 0 Å². The summed E-state index contributed by atoms with van der Waals surface area (Å²) in [6, 6.07) is 8.63. The highest BCUT2D eigenvalue weighted by Crippen LogP contribution is 2.18. The average molecular weight is 209 g/mol. The highest BCUT2D eigenvalue weighted by Gasteiger charge is 2.08. The van der Waals surface area contributed by atoms with E-state index in [1.165, 1.54) is 11.3 Å². The lowest BCUT2D eigenvalue weighted by Gasteiger charge is -2.22. The molecule has 1 aromatic carbocycles. The van der Waals surface area contributed by atoms with Crippen molar-refractivity contribution in [3.8, 4) is 0 Å². The van der Waals surface area contributed by atoms with Crippen molar-refractivity contribution >= 4 is 17.4 Å². The third-order valence-corrected chi connectivity index (χ3v) is 2.38. The first-order chi connectivity index (χ1) is 6.51. The lowest BCUT2D eigenvalue weighted by molar-refractivity contribution is 0.634. The van der Waals surface area contributed by atoms with Crippen LogP contribution in [-0.4, -0.2) is 11.8 Å². The van der Waals surface area contributed by atoms with Crippen molar-refractivity contribution in [3.05, 3.63) is 29.8 Å². The Morgan fingerprint density at radius 2 is 2.00 bits per heavy atom. The van der Waals surface area contributed by atoms with Gasteiger partial charge in [-0.3, -0.25) is 0 Å². The van der Waals surface area contributed by atoms with E-state index in [0.717, 1.165) is 5.75 Å². The van der Waals surface area contributed by atoms with Crippen LogP contribution < -0.4 is 5.32 Å². The predicted octanol–water partition coefficient (Wildman–Crippen LogP) is 3.76. The summed E-state index contributed by atoms with van der Waals surface area (Å²) in [5, 5.41) is 3.47. The molecule has 2 heteroatoms. The molecule has 1 rings (SSSR count). The summed E-state index contributed by atoms with van der Waals surface area (Å²) in [5.74, 6) is 1.08. The second kappa shape index (κ2) is 4.74. The van der Waals surface area contributed by atoms with Crippen molar-refractivity contribution in [2.75, 3.05) is 11.6 Å². The molecule has 1 nitrogen and oxygen atoms in total. The average Bonchev–Trinajstić information content (AvgIpc) is 2.02. The zero-order valence-electron chi connectivity index (χ0n) is 9.42. The van der Waals surface area contributed by atoms with Gasteiger partial charge in [-0.1, -0.05) is 12.1 Å². The van der Waals surface area contributed by atoms with Gasteiger partial charge in [-0.2, -0.15) is 11.8 Å². The van der Waals surface area contributed by atoms with Crippen LogP contribution in [0.4, 0.5) is 5.69 Å². The lowest BCUT2D eigenvalue weighted by Crippen LogP contribution is -2.25. The maximum Gasteiger partial charge on any atom is 0.0347 e. The standard InChI is InChI=1S/C12H19NS/c1-12(2,3)13-11-7-5-6-10(8-11)9-14-4/h5-8,13H,9H2,1-4H3. The normalized spacial score (nSPS) is 11.4. The minimum Gasteiger partial charge on any atom is -0.380 e. The van der Waals surface area contributed by atoms with Crippen LogP contribution in [0.5, 0.6) is 0 Å². The van der Waals surface area contributed by atoms with Gasteiger partial charge in [0.1, 0.15) is 0 Å². The molecule has 0 aliphatic heterocycles. The summed E-state index contributed by atoms with van der Waals surface area (Å²) < 4.78 is 0. The van der Waals surface area contributed by atoms with E-state index in [2.05, 4.69) is 56.6 Å². The molecule has 78 valence electrons. The van der Waals surface area contributed by atoms with Crippen molar-refractivity contribution in [2.45, 2.75) is 32.1 Å². The van der Waals surface area contributed by atoms with E-state index in [9.17, 15) is 0 Å². The monoisotopic (exact) mass is 209 g/mol. The summed E-state index contributed by atoms with van der Waals surface area (Å²) in [4.78, 5) is 0. The molecule has 1 N–H and O–H groups in total. The van der Waals surface area contributed by atoms with Gasteiger partial charge in [0.25, 0.3) is 0 Å². The zero-order chi connectivity index (χ0) is 10.6. The molecule has 0 aliphatic rings. The van der Waals surface area contributed by atoms with Crippen LogP contribution in [-0.2, 0) is 5.75 Å². The van der Waals surface area contributed by atoms with Crippen LogP contribution in [0.25, 0.3) is 0 Å². The Morgan fingerprint density at radius 1 is 1.29 bits per heavy atom. The van der Waals surface area contributed by atoms with Crippen LogP contribution in [0.1, 0.15) is 26.3 Å². The number of thioether (sulfide) groups is 1. The maximum atomic E-state index is 3.47. The summed E-state index contributed by atoms with van der Waals surface area (Å²) in [6.07, 6.45) is 2.13. The van der Waals surface area contributed by atoms with E-state index >= 15 is 0 Å². The first-order valence-electron chi connectivity index (χ1n) is 4.87. The minimum atomic E-state index is 0.137. The predicted molar refractivity (Wildman–Crippen MR) is 67.0 cm³/mol. The molecule has 0 saturated heterocycles. The van der Waals surface area contributed by atoms with Gasteiger partial charge in [-0.15, -0.1) is 0 Å². The van der Waals surface area contributed by atoms with Crippen molar-refractivity contribution in [3.63, 3.8) is 0 Å². The molecule has 0 amide bonds. The number of benzene rings is 1. The van der Waals surface area contributed by atoms with Gasteiger partial charge in [0.2, 0.25) is 0 Å². The first-order valence-corrected chi connectivity index (χ1v) is 6.27. The highest BCUT2D eigenvalue weighted by atomic mass is 32.2. The Bertz CT molecular complexity index is 289. The van der Waals surface area contributed by atoms with E-state index < -0.39 is 0 Å². The smallest absolute Gasteiger partial charge is 0.0347 e. The molecule has 0 fully saturated rings. The van der Waals surface area contributed by atoms with Crippen LogP contribution in [0.3, 0.4) is 0 Å². The molecule has 14 heavy (non-hydrogen) atoms. The molecular weight excluding hydrogens is 190 g/mol. The molecule has 0 heterocycles. The van der Waals surface area contributed by atoms with E-state index in [4.69, 9.17) is 0 Å². The van der Waals surface area contributed by atoms with Gasteiger partial charge in [0, 0.05) is 17.0 Å². The largest absolute Gasteiger partial charge is 0.380 e. The molecule has 0 unspecified atom stereocenters. The highest BCUT2D eigenvalue weighted by molar-refractivity contribution is 7.97. The second-order valence-electron chi connectivity index (χ2n) is 4.51. The van der Waals surface area contributed by atoms with Crippen LogP contribution >= 0.6 is 11.8 Å². The second-order valence-corrected chi connectivity index (χ2v) is 5.37. The fourth-order valence-electron chi connectivity index (χ4n) is 1.34. The van der Waals surface area contributed by atoms with Crippen LogP contribution in [0.2, 0.25) is 0 Å². The van der Waals surface area contributed by atoms with E-state index in [-0.39, 0.29) is 5.54 Å². The van der Waals surface area contributed by atoms with Crippen LogP contribution in [0.15, 0.2) is 24.3 Å². The fraction of sp³-hybridized carbons (Fsp3) is 0.500. The Morgan fingerprint density at radius 3 is 2.57 bits per heavy atom. The third-order valence-electron chi connectivity index (χ3n) is 1.76. The van der Waals surface area contributed by atoms with E-state index in [0.29, 0.717) is 0 Å². The molecule has 0 radical (unpaired) electrons. The fourth-order valence-corrected chi connectivity index (χ4v) is 1.85. The van der Waals surface area contributed by atoms with Gasteiger partial charge in [0.05, 0.1) is 0 Å². The Labute approximate surface area is 91.3 Å². The zero-order valence-corrected chi connectivity index (χ0v) is 10.2. The molecule has 0 bridgehead atoms. The van der Waals surface area contributed by atoms with Gasteiger partial charge < -0.3 is 5.32 Å². The Balaban J connectivity index is 2.73. The molecule has 0 spiro atoms. The Kier molecular flexibility index (Phi) is 3.87. The molecule has 0 aliphatic carbocycles.